The summed E-state index contributed by atoms with van der Waals surface area (Å²) < 4.78 is 6.74. The molecule has 5 nitrogen and oxygen atoms in total. The topological polar surface area (TPSA) is 67.8 Å². The predicted octanol–water partition coefficient (Wildman–Crippen LogP) is 5.44. The molecule has 2 aromatic carbocycles. The number of nitrogens with zero attached hydrogens (tertiary/aromatic N) is 1. The highest BCUT2D eigenvalue weighted by Gasteiger charge is 2.22. The van der Waals surface area contributed by atoms with Crippen LogP contribution in [0.4, 0.5) is 0 Å². The van der Waals surface area contributed by atoms with Crippen LogP contribution in [-0.4, -0.2) is 17.0 Å². The molecule has 28 heavy (non-hydrogen) atoms. The van der Waals surface area contributed by atoms with E-state index in [-0.39, 0.29) is 11.1 Å². The van der Waals surface area contributed by atoms with E-state index in [0.717, 1.165) is 21.8 Å². The molecule has 0 aromatic heterocycles. The lowest BCUT2D eigenvalue weighted by molar-refractivity contribution is -0.117. The van der Waals surface area contributed by atoms with Crippen molar-refractivity contribution >= 4 is 74.0 Å². The number of carbonyl (C=O) groups excluding carboxylic acids is 2. The second kappa shape index (κ2) is 9.13. The molecule has 0 unspecified atom stereocenters. The number of amidine groups is 1. The Balaban J connectivity index is 1.74. The smallest absolute Gasteiger partial charge is 0.286 e. The first kappa shape index (κ1) is 20.9. The molecule has 0 radical (unpaired) electrons. The van der Waals surface area contributed by atoms with Gasteiger partial charge in [0, 0.05) is 11.4 Å². The normalized spacial score (nSPS) is 14.9. The van der Waals surface area contributed by atoms with Crippen molar-refractivity contribution in [1.29, 1.82) is 0 Å². The number of rotatable bonds is 4. The Morgan fingerprint density at radius 1 is 1.25 bits per heavy atom. The molecule has 0 atom stereocenters. The second-order valence-electron chi connectivity index (χ2n) is 5.74. The van der Waals surface area contributed by atoms with Crippen molar-refractivity contribution in [2.75, 3.05) is 0 Å². The maximum Gasteiger partial charge on any atom is 0.286 e. The van der Waals surface area contributed by atoms with E-state index in [1.165, 1.54) is 6.92 Å². The number of amides is 2. The predicted molar refractivity (Wildman–Crippen MR) is 117 cm³/mol. The molecule has 2 amide bonds. The van der Waals surface area contributed by atoms with Crippen molar-refractivity contribution in [3.05, 3.63) is 66.9 Å². The first-order valence-corrected chi connectivity index (χ1v) is 10.3. The van der Waals surface area contributed by atoms with Crippen molar-refractivity contribution < 1.29 is 14.3 Å². The molecule has 1 heterocycles. The van der Waals surface area contributed by atoms with Crippen LogP contribution in [0.2, 0.25) is 10.0 Å². The first-order valence-electron chi connectivity index (χ1n) is 7.98. The second-order valence-corrected chi connectivity index (χ2v) is 8.50. The van der Waals surface area contributed by atoms with Gasteiger partial charge in [0.1, 0.15) is 6.61 Å². The molecule has 0 bridgehead atoms. The van der Waals surface area contributed by atoms with Crippen LogP contribution in [0.5, 0.6) is 5.75 Å². The average molecular weight is 500 g/mol. The van der Waals surface area contributed by atoms with Gasteiger partial charge in [-0.25, -0.2) is 0 Å². The zero-order valence-electron chi connectivity index (χ0n) is 14.5. The minimum absolute atomic E-state index is 0.246. The third-order valence-electron chi connectivity index (χ3n) is 3.52. The Labute approximate surface area is 184 Å². The molecule has 1 N–H and O–H groups in total. The Morgan fingerprint density at radius 3 is 2.50 bits per heavy atom. The van der Waals surface area contributed by atoms with Gasteiger partial charge in [-0.3, -0.25) is 9.59 Å². The summed E-state index contributed by atoms with van der Waals surface area (Å²) in [7, 11) is 0. The van der Waals surface area contributed by atoms with Gasteiger partial charge in [-0.1, -0.05) is 51.3 Å². The minimum atomic E-state index is -0.434. The zero-order chi connectivity index (χ0) is 20.3. The SMILES string of the molecule is CC(=O)NC1=NC(=O)/C(=C\c2cc(Cl)c(OCc3ccc(Br)cc3)c(Cl)c2)S1. The highest BCUT2D eigenvalue weighted by Crippen LogP contribution is 2.36. The van der Waals surface area contributed by atoms with Gasteiger partial charge in [-0.2, -0.15) is 4.99 Å². The summed E-state index contributed by atoms with van der Waals surface area (Å²) in [4.78, 5) is 27.2. The van der Waals surface area contributed by atoms with Crippen molar-refractivity contribution in [2.45, 2.75) is 13.5 Å². The maximum atomic E-state index is 12.0. The van der Waals surface area contributed by atoms with Crippen LogP contribution in [0, 0.1) is 0 Å². The van der Waals surface area contributed by atoms with Gasteiger partial charge >= 0.3 is 0 Å². The van der Waals surface area contributed by atoms with E-state index in [1.807, 2.05) is 24.3 Å². The standard InChI is InChI=1S/C19H13BrCl2N2O3S/c1-10(25)23-19-24-18(26)16(28-19)8-12-6-14(21)17(15(22)7-12)27-9-11-2-4-13(20)5-3-11/h2-8H,9H2,1H3,(H,23,24,25,26)/b16-8+. The largest absolute Gasteiger partial charge is 0.486 e. The number of nitrogens with one attached hydrogen (secondary N) is 1. The fourth-order valence-electron chi connectivity index (χ4n) is 2.30. The van der Waals surface area contributed by atoms with Crippen LogP contribution in [0.15, 0.2) is 50.8 Å². The lowest BCUT2D eigenvalue weighted by atomic mass is 10.2. The molecule has 144 valence electrons. The van der Waals surface area contributed by atoms with Gasteiger partial charge in [0.05, 0.1) is 15.0 Å². The Bertz CT molecular complexity index is 984. The summed E-state index contributed by atoms with van der Waals surface area (Å²) in [5.74, 6) is -0.357. The maximum absolute atomic E-state index is 12.0. The number of ether oxygens (including phenoxy) is 1. The van der Waals surface area contributed by atoms with E-state index in [1.54, 1.807) is 18.2 Å². The minimum Gasteiger partial charge on any atom is -0.486 e. The van der Waals surface area contributed by atoms with Gasteiger partial charge in [0.15, 0.2) is 10.9 Å². The highest BCUT2D eigenvalue weighted by atomic mass is 79.9. The third kappa shape index (κ3) is 5.38. The molecule has 0 saturated heterocycles. The summed E-state index contributed by atoms with van der Waals surface area (Å²) in [6, 6.07) is 11.0. The summed E-state index contributed by atoms with van der Waals surface area (Å²) in [6.45, 7) is 1.66. The van der Waals surface area contributed by atoms with Crippen molar-refractivity contribution in [2.24, 2.45) is 4.99 Å². The number of carbonyl (C=O) groups is 2. The summed E-state index contributed by atoms with van der Waals surface area (Å²) in [6.07, 6.45) is 1.61. The number of benzene rings is 2. The van der Waals surface area contributed by atoms with Crippen LogP contribution in [0.1, 0.15) is 18.1 Å². The summed E-state index contributed by atoms with van der Waals surface area (Å²) in [5, 5.41) is 3.40. The van der Waals surface area contributed by atoms with E-state index >= 15 is 0 Å². The zero-order valence-corrected chi connectivity index (χ0v) is 18.4. The first-order chi connectivity index (χ1) is 13.3. The fourth-order valence-corrected chi connectivity index (χ4v) is 4.04. The van der Waals surface area contributed by atoms with E-state index < -0.39 is 5.91 Å². The molecule has 9 heteroatoms. The van der Waals surface area contributed by atoms with Crippen LogP contribution in [0.25, 0.3) is 6.08 Å². The summed E-state index contributed by atoms with van der Waals surface area (Å²) in [5.41, 5.74) is 1.60. The van der Waals surface area contributed by atoms with Crippen molar-refractivity contribution in [1.82, 2.24) is 5.32 Å². The fraction of sp³-hybridized carbons (Fsp3) is 0.105. The van der Waals surface area contributed by atoms with Crippen LogP contribution >= 0.6 is 50.9 Å². The van der Waals surface area contributed by atoms with Gasteiger partial charge in [0.25, 0.3) is 5.91 Å². The number of hydrogen-bond acceptors (Lipinski definition) is 4. The quantitative estimate of drug-likeness (QED) is 0.568. The van der Waals surface area contributed by atoms with Crippen molar-refractivity contribution in [3.63, 3.8) is 0 Å². The third-order valence-corrected chi connectivity index (χ3v) is 5.51. The lowest BCUT2D eigenvalue weighted by Gasteiger charge is -2.11. The van der Waals surface area contributed by atoms with Gasteiger partial charge in [0.2, 0.25) is 5.91 Å². The number of thioether (sulfide) groups is 1. The Kier molecular flexibility index (Phi) is 6.82. The molecule has 0 spiro atoms. The average Bonchev–Trinajstić information content (AvgIpc) is 2.94. The number of aliphatic imine (C=N–C) groups is 1. The Hall–Kier alpha value is -1.80. The molecular weight excluding hydrogens is 487 g/mol. The van der Waals surface area contributed by atoms with Crippen LogP contribution < -0.4 is 10.1 Å². The van der Waals surface area contributed by atoms with Crippen molar-refractivity contribution in [3.8, 4) is 5.75 Å². The van der Waals surface area contributed by atoms with Gasteiger partial charge in [-0.15, -0.1) is 0 Å². The van der Waals surface area contributed by atoms with E-state index in [2.05, 4.69) is 26.2 Å². The molecule has 0 aliphatic carbocycles. The lowest BCUT2D eigenvalue weighted by Crippen LogP contribution is -2.23. The van der Waals surface area contributed by atoms with E-state index in [4.69, 9.17) is 27.9 Å². The van der Waals surface area contributed by atoms with Gasteiger partial charge in [-0.05, 0) is 53.2 Å². The van der Waals surface area contributed by atoms with Crippen LogP contribution in [0.3, 0.4) is 0 Å². The number of hydrogen-bond donors (Lipinski definition) is 1. The monoisotopic (exact) mass is 498 g/mol. The summed E-state index contributed by atoms with van der Waals surface area (Å²) >= 11 is 17.1. The number of halogens is 3. The van der Waals surface area contributed by atoms with E-state index in [0.29, 0.717) is 32.9 Å². The molecule has 0 saturated carbocycles. The molecule has 1 aliphatic heterocycles. The molecular formula is C19H13BrCl2N2O3S. The molecule has 2 aromatic rings. The molecule has 1 aliphatic rings. The molecule has 3 rings (SSSR count). The van der Waals surface area contributed by atoms with Crippen LogP contribution in [-0.2, 0) is 16.2 Å². The molecule has 0 fully saturated rings. The van der Waals surface area contributed by atoms with Gasteiger partial charge < -0.3 is 10.1 Å². The Morgan fingerprint density at radius 2 is 1.89 bits per heavy atom. The van der Waals surface area contributed by atoms with E-state index in [9.17, 15) is 9.59 Å². The highest BCUT2D eigenvalue weighted by molar-refractivity contribution is 9.10.